The molecule has 1 amide bonds. The van der Waals surface area contributed by atoms with Crippen LogP contribution in [-0.4, -0.2) is 48.5 Å². The Hall–Kier alpha value is -1.14. The van der Waals surface area contributed by atoms with Gasteiger partial charge in [-0.2, -0.15) is 0 Å². The quantitative estimate of drug-likeness (QED) is 0.514. The molecule has 6 heteroatoms. The third-order valence-electron chi connectivity index (χ3n) is 2.25. The molecule has 0 aliphatic heterocycles. The molecule has 0 fully saturated rings. The number of carbonyl (C=O) groups excluding carboxylic acids is 2. The van der Waals surface area contributed by atoms with Gasteiger partial charge in [-0.3, -0.25) is 9.59 Å². The Morgan fingerprint density at radius 3 is 2.44 bits per heavy atom. The molecule has 0 saturated carbocycles. The Morgan fingerprint density at radius 1 is 1.44 bits per heavy atom. The van der Waals surface area contributed by atoms with Crippen molar-refractivity contribution in [3.8, 4) is 0 Å². The van der Waals surface area contributed by atoms with Crippen molar-refractivity contribution in [2.24, 2.45) is 5.41 Å². The second kappa shape index (κ2) is 6.44. The number of carbonyl (C=O) groups is 2. The third kappa shape index (κ3) is 4.59. The van der Waals surface area contributed by atoms with Crippen LogP contribution in [0, 0.1) is 5.41 Å². The lowest BCUT2D eigenvalue weighted by Crippen LogP contribution is -2.46. The molecule has 0 heterocycles. The molecule has 0 aliphatic carbocycles. The van der Waals surface area contributed by atoms with E-state index in [4.69, 9.17) is 5.11 Å². The fourth-order valence-corrected chi connectivity index (χ4v) is 0.928. The predicted octanol–water partition coefficient (Wildman–Crippen LogP) is -0.955. The fourth-order valence-electron chi connectivity index (χ4n) is 0.928. The summed E-state index contributed by atoms with van der Waals surface area (Å²) >= 11 is 0. The Bertz CT molecular complexity index is 252. The van der Waals surface area contributed by atoms with E-state index in [0.29, 0.717) is 0 Å². The van der Waals surface area contributed by atoms with Gasteiger partial charge in [-0.1, -0.05) is 13.8 Å². The molecule has 0 aromatic carbocycles. The average molecular weight is 233 g/mol. The number of ether oxygens (including phenoxy) is 1. The molecule has 0 aromatic rings. The monoisotopic (exact) mass is 233 g/mol. The molecule has 0 radical (unpaired) electrons. The van der Waals surface area contributed by atoms with E-state index in [-0.39, 0.29) is 19.6 Å². The van der Waals surface area contributed by atoms with Gasteiger partial charge in [0, 0.05) is 12.0 Å². The van der Waals surface area contributed by atoms with E-state index in [1.165, 1.54) is 7.11 Å². The van der Waals surface area contributed by atoms with Gasteiger partial charge in [-0.05, 0) is 0 Å². The Labute approximate surface area is 94.6 Å². The van der Waals surface area contributed by atoms with E-state index < -0.39 is 23.4 Å². The lowest BCUT2D eigenvalue weighted by molar-refractivity contribution is -0.141. The number of hydrogen-bond acceptors (Lipinski definition) is 5. The van der Waals surface area contributed by atoms with Crippen LogP contribution < -0.4 is 5.32 Å². The zero-order valence-corrected chi connectivity index (χ0v) is 9.82. The minimum absolute atomic E-state index is 0.0501. The highest BCUT2D eigenvalue weighted by Crippen LogP contribution is 2.19. The summed E-state index contributed by atoms with van der Waals surface area (Å²) in [4.78, 5) is 22.1. The minimum atomic E-state index is -1.31. The molecule has 0 aliphatic rings. The molecular formula is C10H19NO5. The van der Waals surface area contributed by atoms with Crippen molar-refractivity contribution >= 4 is 11.9 Å². The lowest BCUT2D eigenvalue weighted by Gasteiger charge is -2.27. The van der Waals surface area contributed by atoms with Crippen LogP contribution in [0.25, 0.3) is 0 Å². The number of amides is 1. The van der Waals surface area contributed by atoms with Crippen molar-refractivity contribution in [1.29, 1.82) is 0 Å². The van der Waals surface area contributed by atoms with Gasteiger partial charge in [0.15, 0.2) is 0 Å². The second-order valence-corrected chi connectivity index (χ2v) is 4.17. The van der Waals surface area contributed by atoms with Gasteiger partial charge in [0.2, 0.25) is 5.91 Å². The van der Waals surface area contributed by atoms with E-state index in [0.717, 1.165) is 0 Å². The smallest absolute Gasteiger partial charge is 0.307 e. The minimum Gasteiger partial charge on any atom is -0.469 e. The number of hydrogen-bond donors (Lipinski definition) is 3. The number of methoxy groups -OCH3 is 1. The first kappa shape index (κ1) is 14.9. The zero-order valence-electron chi connectivity index (χ0n) is 9.82. The SMILES string of the molecule is COC(=O)CCNC(=O)C(O)C(C)(C)CO. The van der Waals surface area contributed by atoms with Gasteiger partial charge in [0.05, 0.1) is 20.1 Å². The first-order chi connectivity index (χ1) is 7.35. The van der Waals surface area contributed by atoms with Crippen molar-refractivity contribution in [2.75, 3.05) is 20.3 Å². The Balaban J connectivity index is 4.03. The van der Waals surface area contributed by atoms with E-state index >= 15 is 0 Å². The van der Waals surface area contributed by atoms with E-state index in [1.54, 1.807) is 13.8 Å². The van der Waals surface area contributed by atoms with Crippen LogP contribution in [0.2, 0.25) is 0 Å². The molecule has 16 heavy (non-hydrogen) atoms. The summed E-state index contributed by atoms with van der Waals surface area (Å²) < 4.78 is 4.39. The molecule has 1 unspecified atom stereocenters. The molecular weight excluding hydrogens is 214 g/mol. The summed E-state index contributed by atoms with van der Waals surface area (Å²) in [6.07, 6.45) is -1.26. The highest BCUT2D eigenvalue weighted by Gasteiger charge is 2.32. The van der Waals surface area contributed by atoms with Gasteiger partial charge < -0.3 is 20.3 Å². The van der Waals surface area contributed by atoms with Crippen LogP contribution in [0.15, 0.2) is 0 Å². The molecule has 94 valence electrons. The summed E-state index contributed by atoms with van der Waals surface area (Å²) in [5.74, 6) is -1.04. The standard InChI is InChI=1S/C10H19NO5/c1-10(2,6-12)8(14)9(15)11-5-4-7(13)16-3/h8,12,14H,4-6H2,1-3H3,(H,11,15). The van der Waals surface area contributed by atoms with Gasteiger partial charge >= 0.3 is 5.97 Å². The van der Waals surface area contributed by atoms with E-state index in [2.05, 4.69) is 10.1 Å². The van der Waals surface area contributed by atoms with Gasteiger partial charge in [0.25, 0.3) is 0 Å². The zero-order chi connectivity index (χ0) is 12.8. The maximum Gasteiger partial charge on any atom is 0.307 e. The summed E-state index contributed by atoms with van der Waals surface area (Å²) in [5.41, 5.74) is -0.907. The largest absolute Gasteiger partial charge is 0.469 e. The van der Waals surface area contributed by atoms with Crippen LogP contribution in [0.3, 0.4) is 0 Å². The second-order valence-electron chi connectivity index (χ2n) is 4.17. The van der Waals surface area contributed by atoms with Gasteiger partial charge in [-0.15, -0.1) is 0 Å². The first-order valence-corrected chi connectivity index (χ1v) is 4.98. The van der Waals surface area contributed by atoms with E-state index in [9.17, 15) is 14.7 Å². The maximum absolute atomic E-state index is 11.4. The normalized spacial score (nSPS) is 13.1. The van der Waals surface area contributed by atoms with Gasteiger partial charge in [-0.25, -0.2) is 0 Å². The predicted molar refractivity (Wildman–Crippen MR) is 56.5 cm³/mol. The molecule has 0 spiro atoms. The number of aliphatic hydroxyl groups excluding tert-OH is 2. The van der Waals surface area contributed by atoms with Crippen LogP contribution >= 0.6 is 0 Å². The molecule has 6 nitrogen and oxygen atoms in total. The lowest BCUT2D eigenvalue weighted by atomic mass is 9.87. The summed E-state index contributed by atoms with van der Waals surface area (Å²) in [5, 5.41) is 20.9. The third-order valence-corrected chi connectivity index (χ3v) is 2.25. The Kier molecular flexibility index (Phi) is 5.98. The summed E-state index contributed by atoms with van der Waals surface area (Å²) in [7, 11) is 1.26. The molecule has 0 saturated heterocycles. The molecule has 3 N–H and O–H groups in total. The topological polar surface area (TPSA) is 95.9 Å². The Morgan fingerprint density at radius 2 is 2.00 bits per heavy atom. The number of rotatable bonds is 6. The highest BCUT2D eigenvalue weighted by atomic mass is 16.5. The van der Waals surface area contributed by atoms with Crippen LogP contribution in [-0.2, 0) is 14.3 Å². The number of nitrogens with one attached hydrogen (secondary N) is 1. The average Bonchev–Trinajstić information content (AvgIpc) is 2.27. The molecule has 0 rings (SSSR count). The summed E-state index contributed by atoms with van der Waals surface area (Å²) in [6.45, 7) is 2.93. The van der Waals surface area contributed by atoms with E-state index in [1.807, 2.05) is 0 Å². The summed E-state index contributed by atoms with van der Waals surface area (Å²) in [6, 6.07) is 0. The molecule has 0 aromatic heterocycles. The molecule has 1 atom stereocenters. The van der Waals surface area contributed by atoms with Crippen molar-refractivity contribution in [1.82, 2.24) is 5.32 Å². The van der Waals surface area contributed by atoms with Crippen molar-refractivity contribution < 1.29 is 24.5 Å². The van der Waals surface area contributed by atoms with Crippen LogP contribution in [0.4, 0.5) is 0 Å². The number of esters is 1. The van der Waals surface area contributed by atoms with Gasteiger partial charge in [0.1, 0.15) is 6.10 Å². The highest BCUT2D eigenvalue weighted by molar-refractivity contribution is 5.81. The fraction of sp³-hybridized carbons (Fsp3) is 0.800. The van der Waals surface area contributed by atoms with Crippen molar-refractivity contribution in [3.63, 3.8) is 0 Å². The maximum atomic E-state index is 11.4. The number of aliphatic hydroxyl groups is 2. The van der Waals surface area contributed by atoms with Crippen LogP contribution in [0.1, 0.15) is 20.3 Å². The van der Waals surface area contributed by atoms with Crippen molar-refractivity contribution in [2.45, 2.75) is 26.4 Å². The first-order valence-electron chi connectivity index (χ1n) is 4.98. The van der Waals surface area contributed by atoms with Crippen molar-refractivity contribution in [3.05, 3.63) is 0 Å². The van der Waals surface area contributed by atoms with Crippen LogP contribution in [0.5, 0.6) is 0 Å². The molecule has 0 bridgehead atoms.